The van der Waals surface area contributed by atoms with Crippen LogP contribution in [0.4, 0.5) is 11.9 Å². The van der Waals surface area contributed by atoms with Crippen LogP contribution >= 0.6 is 0 Å². The molecule has 0 aliphatic rings. The van der Waals surface area contributed by atoms with Gasteiger partial charge in [0.15, 0.2) is 5.82 Å². The highest BCUT2D eigenvalue weighted by Gasteiger charge is 2.08. The van der Waals surface area contributed by atoms with Gasteiger partial charge in [0.05, 0.1) is 13.3 Å². The van der Waals surface area contributed by atoms with Crippen LogP contribution in [0.5, 0.6) is 0 Å². The van der Waals surface area contributed by atoms with Gasteiger partial charge >= 0.3 is 0 Å². The number of anilines is 2. The Balaban J connectivity index is 1.83. The third-order valence-corrected chi connectivity index (χ3v) is 3.19. The van der Waals surface area contributed by atoms with Crippen molar-refractivity contribution in [3.63, 3.8) is 0 Å². The van der Waals surface area contributed by atoms with Crippen molar-refractivity contribution >= 4 is 18.1 Å². The van der Waals surface area contributed by atoms with Crippen LogP contribution in [0.3, 0.4) is 0 Å². The Labute approximate surface area is 145 Å². The number of hydrogen-bond acceptors (Lipinski definition) is 8. The van der Waals surface area contributed by atoms with E-state index in [0.29, 0.717) is 11.8 Å². The summed E-state index contributed by atoms with van der Waals surface area (Å²) in [6, 6.07) is 11.6. The van der Waals surface area contributed by atoms with Gasteiger partial charge in [-0.05, 0) is 24.6 Å². The van der Waals surface area contributed by atoms with Gasteiger partial charge in [0.25, 0.3) is 5.95 Å². The summed E-state index contributed by atoms with van der Waals surface area (Å²) in [6.45, 7) is 2.03. The molecule has 0 saturated heterocycles. The molecule has 25 heavy (non-hydrogen) atoms. The summed E-state index contributed by atoms with van der Waals surface area (Å²) in [6.07, 6.45) is 5.05. The van der Waals surface area contributed by atoms with E-state index in [-0.39, 0.29) is 5.95 Å². The molecule has 0 spiro atoms. The van der Waals surface area contributed by atoms with Crippen LogP contribution in [0.25, 0.3) is 11.4 Å². The van der Waals surface area contributed by atoms with Crippen molar-refractivity contribution in [2.45, 2.75) is 6.92 Å². The summed E-state index contributed by atoms with van der Waals surface area (Å²) in [4.78, 5) is 21.7. The van der Waals surface area contributed by atoms with Crippen LogP contribution in [-0.2, 0) is 4.84 Å². The molecule has 2 aromatic heterocycles. The maximum absolute atomic E-state index is 4.88. The summed E-state index contributed by atoms with van der Waals surface area (Å²) in [7, 11) is 1.49. The first kappa shape index (κ1) is 16.5. The van der Waals surface area contributed by atoms with E-state index < -0.39 is 0 Å². The molecule has 3 aromatic rings. The molecule has 8 heteroatoms. The van der Waals surface area contributed by atoms with Crippen molar-refractivity contribution in [3.8, 4) is 11.4 Å². The second kappa shape index (κ2) is 7.93. The molecule has 0 aliphatic carbocycles. The lowest BCUT2D eigenvalue weighted by Gasteiger charge is -2.07. The van der Waals surface area contributed by atoms with Crippen molar-refractivity contribution in [1.29, 1.82) is 0 Å². The monoisotopic (exact) mass is 335 g/mol. The van der Waals surface area contributed by atoms with Crippen LogP contribution in [0.1, 0.15) is 11.1 Å². The third-order valence-electron chi connectivity index (χ3n) is 3.19. The molecular weight excluding hydrogens is 318 g/mol. The minimum atomic E-state index is 0.276. The fourth-order valence-electron chi connectivity index (χ4n) is 2.11. The predicted octanol–water partition coefficient (Wildman–Crippen LogP) is 2.66. The zero-order chi connectivity index (χ0) is 17.5. The lowest BCUT2D eigenvalue weighted by atomic mass is 10.2. The van der Waals surface area contributed by atoms with Crippen molar-refractivity contribution in [2.24, 2.45) is 5.10 Å². The third kappa shape index (κ3) is 4.55. The molecule has 2 heterocycles. The summed E-state index contributed by atoms with van der Waals surface area (Å²) in [5.74, 6) is 1.05. The number of nitrogens with zero attached hydrogens (tertiary/aromatic N) is 5. The zero-order valence-corrected chi connectivity index (χ0v) is 13.8. The molecule has 0 atom stereocenters. The second-order valence-electron chi connectivity index (χ2n) is 5.13. The molecule has 0 radical (unpaired) electrons. The van der Waals surface area contributed by atoms with Gasteiger partial charge < -0.3 is 0 Å². The SMILES string of the molecule is CONc1nc(N/N=C/c2cccc(C)c2)nc(-c2ccncc2)n1. The number of hydrogen-bond donors (Lipinski definition) is 2. The Morgan fingerprint density at radius 3 is 2.60 bits per heavy atom. The largest absolute Gasteiger partial charge is 0.277 e. The average molecular weight is 335 g/mol. The van der Waals surface area contributed by atoms with Crippen LogP contribution in [-0.4, -0.2) is 33.3 Å². The van der Waals surface area contributed by atoms with E-state index in [1.54, 1.807) is 18.6 Å². The number of benzene rings is 1. The number of aryl methyl sites for hydroxylation is 1. The van der Waals surface area contributed by atoms with Gasteiger partial charge in [0.2, 0.25) is 5.95 Å². The number of rotatable bonds is 6. The molecule has 3 rings (SSSR count). The second-order valence-corrected chi connectivity index (χ2v) is 5.13. The highest BCUT2D eigenvalue weighted by Crippen LogP contribution is 2.16. The van der Waals surface area contributed by atoms with Gasteiger partial charge in [0, 0.05) is 18.0 Å². The molecule has 0 bridgehead atoms. The molecule has 2 N–H and O–H groups in total. The lowest BCUT2D eigenvalue weighted by Crippen LogP contribution is -2.07. The molecule has 8 nitrogen and oxygen atoms in total. The minimum absolute atomic E-state index is 0.276. The van der Waals surface area contributed by atoms with Gasteiger partial charge in [-0.3, -0.25) is 9.82 Å². The first-order chi connectivity index (χ1) is 12.2. The highest BCUT2D eigenvalue weighted by atomic mass is 16.6. The van der Waals surface area contributed by atoms with E-state index in [2.05, 4.69) is 35.9 Å². The summed E-state index contributed by atoms with van der Waals surface area (Å²) in [5.41, 5.74) is 8.37. The Kier molecular flexibility index (Phi) is 5.22. The average Bonchev–Trinajstić information content (AvgIpc) is 2.63. The highest BCUT2D eigenvalue weighted by molar-refractivity contribution is 5.80. The molecule has 126 valence electrons. The maximum Gasteiger partial charge on any atom is 0.252 e. The van der Waals surface area contributed by atoms with E-state index in [4.69, 9.17) is 4.84 Å². The first-order valence-electron chi connectivity index (χ1n) is 7.56. The van der Waals surface area contributed by atoms with Crippen LogP contribution in [0.15, 0.2) is 53.9 Å². The molecule has 0 amide bonds. The number of nitrogens with one attached hydrogen (secondary N) is 2. The van der Waals surface area contributed by atoms with Gasteiger partial charge in [-0.15, -0.1) is 0 Å². The van der Waals surface area contributed by atoms with Gasteiger partial charge in [-0.25, -0.2) is 10.9 Å². The number of pyridine rings is 1. The Morgan fingerprint density at radius 1 is 1.04 bits per heavy atom. The predicted molar refractivity (Wildman–Crippen MR) is 96.1 cm³/mol. The van der Waals surface area contributed by atoms with E-state index in [9.17, 15) is 0 Å². The number of aromatic nitrogens is 4. The van der Waals surface area contributed by atoms with Crippen molar-refractivity contribution < 1.29 is 4.84 Å². The van der Waals surface area contributed by atoms with Crippen molar-refractivity contribution in [1.82, 2.24) is 19.9 Å². The smallest absolute Gasteiger partial charge is 0.252 e. The lowest BCUT2D eigenvalue weighted by molar-refractivity contribution is 0.267. The topological polar surface area (TPSA) is 97.2 Å². The first-order valence-corrected chi connectivity index (χ1v) is 7.56. The van der Waals surface area contributed by atoms with E-state index in [1.165, 1.54) is 7.11 Å². The fraction of sp³-hybridized carbons (Fsp3) is 0.118. The quantitative estimate of drug-likeness (QED) is 0.528. The van der Waals surface area contributed by atoms with E-state index in [0.717, 1.165) is 16.7 Å². The number of hydrazone groups is 1. The van der Waals surface area contributed by atoms with Crippen LogP contribution in [0, 0.1) is 6.92 Å². The van der Waals surface area contributed by atoms with Crippen LogP contribution < -0.4 is 10.9 Å². The standard InChI is InChI=1S/C17H17N7O/c1-12-4-3-5-13(10-12)11-19-23-16-20-15(14-6-8-18-9-7-14)21-17(22-16)24-25-2/h3-11H,1-2H3,(H2,20,21,22,23,24)/b19-11+. The summed E-state index contributed by atoms with van der Waals surface area (Å²) >= 11 is 0. The molecule has 0 saturated carbocycles. The summed E-state index contributed by atoms with van der Waals surface area (Å²) in [5, 5.41) is 4.18. The zero-order valence-electron chi connectivity index (χ0n) is 13.8. The normalized spacial score (nSPS) is 10.8. The van der Waals surface area contributed by atoms with Crippen molar-refractivity contribution in [2.75, 3.05) is 18.0 Å². The molecular formula is C17H17N7O. The molecule has 0 aliphatic heterocycles. The van der Waals surface area contributed by atoms with E-state index >= 15 is 0 Å². The van der Waals surface area contributed by atoms with Crippen molar-refractivity contribution in [3.05, 3.63) is 59.9 Å². The van der Waals surface area contributed by atoms with E-state index in [1.807, 2.05) is 43.3 Å². The molecule has 0 unspecified atom stereocenters. The summed E-state index contributed by atoms with van der Waals surface area (Å²) < 4.78 is 0. The Hall–Kier alpha value is -3.39. The maximum atomic E-state index is 4.88. The molecule has 0 fully saturated rings. The Bertz CT molecular complexity index is 868. The van der Waals surface area contributed by atoms with Crippen LogP contribution in [0.2, 0.25) is 0 Å². The fourth-order valence-corrected chi connectivity index (χ4v) is 2.11. The van der Waals surface area contributed by atoms with Gasteiger partial charge in [-0.2, -0.15) is 20.1 Å². The minimum Gasteiger partial charge on any atom is -0.277 e. The van der Waals surface area contributed by atoms with Gasteiger partial charge in [0.1, 0.15) is 0 Å². The Morgan fingerprint density at radius 2 is 1.84 bits per heavy atom. The molecule has 1 aromatic carbocycles. The van der Waals surface area contributed by atoms with Gasteiger partial charge in [-0.1, -0.05) is 29.8 Å².